The van der Waals surface area contributed by atoms with Crippen molar-refractivity contribution < 1.29 is 36.6 Å². The van der Waals surface area contributed by atoms with Crippen LogP contribution in [-0.4, -0.2) is 62.1 Å². The molecule has 0 radical (unpaired) electrons. The van der Waals surface area contributed by atoms with Crippen molar-refractivity contribution in [3.8, 4) is 17.5 Å². The molecule has 2 saturated heterocycles. The smallest absolute Gasteiger partial charge is 0.410 e. The van der Waals surface area contributed by atoms with E-state index < -0.39 is 30.5 Å². The molecule has 3 aliphatic rings. The average Bonchev–Trinajstić information content (AvgIpc) is 3.08. The predicted octanol–water partition coefficient (Wildman–Crippen LogP) is 4.83. The molecule has 12 heteroatoms. The average molecular weight is 496 g/mol. The van der Waals surface area contributed by atoms with Crippen LogP contribution in [0.1, 0.15) is 43.4 Å². The monoisotopic (exact) mass is 496 g/mol. The highest BCUT2D eigenvalue weighted by molar-refractivity contribution is 5.69. The molecule has 0 spiro atoms. The zero-order valence-corrected chi connectivity index (χ0v) is 19.1. The van der Waals surface area contributed by atoms with Crippen LogP contribution in [0.15, 0.2) is 24.7 Å². The Kier molecular flexibility index (Phi) is 5.71. The minimum absolute atomic E-state index is 0.285. The van der Waals surface area contributed by atoms with Crippen molar-refractivity contribution >= 4 is 6.09 Å². The molecule has 188 valence electrons. The summed E-state index contributed by atoms with van der Waals surface area (Å²) in [5.41, 5.74) is 1.30. The van der Waals surface area contributed by atoms with Crippen LogP contribution in [0.2, 0.25) is 0 Å². The Hall–Kier alpha value is -3.18. The van der Waals surface area contributed by atoms with Crippen molar-refractivity contribution in [2.24, 2.45) is 0 Å². The molecular formula is C23H24F4N4O4. The molecule has 2 bridgehead atoms. The van der Waals surface area contributed by atoms with E-state index in [9.17, 15) is 22.4 Å². The van der Waals surface area contributed by atoms with Gasteiger partial charge in [-0.05, 0) is 38.8 Å². The molecule has 0 N–H and O–H groups in total. The number of hydrogen-bond donors (Lipinski definition) is 0. The Morgan fingerprint density at radius 1 is 1.06 bits per heavy atom. The lowest BCUT2D eigenvalue weighted by atomic mass is 9.85. The number of aromatic nitrogens is 3. The topological polar surface area (TPSA) is 86.7 Å². The normalized spacial score (nSPS) is 28.2. The highest BCUT2D eigenvalue weighted by Gasteiger charge is 2.74. The first-order chi connectivity index (χ1) is 16.6. The van der Waals surface area contributed by atoms with Crippen LogP contribution >= 0.6 is 0 Å². The van der Waals surface area contributed by atoms with E-state index in [-0.39, 0.29) is 18.2 Å². The molecule has 2 aromatic heterocycles. The standard InChI is InChI=1S/C23H24F4N4O4/c1-12-19(29-11-30-20(12)34-17-4-3-7-28-13(17)2)33-16-8-14-5-6-15(9-16)31(14)21(32)35-18-10-22(24,25)23(18,26)27/h3-4,7,11,14-16,18H,5-6,8-10H2,1-2H3. The summed E-state index contributed by atoms with van der Waals surface area (Å²) in [6.45, 7) is 3.58. The van der Waals surface area contributed by atoms with E-state index >= 15 is 0 Å². The maximum Gasteiger partial charge on any atom is 0.410 e. The van der Waals surface area contributed by atoms with Crippen LogP contribution < -0.4 is 9.47 Å². The summed E-state index contributed by atoms with van der Waals surface area (Å²) >= 11 is 0. The van der Waals surface area contributed by atoms with Crippen molar-refractivity contribution in [2.75, 3.05) is 0 Å². The molecule has 1 aliphatic carbocycles. The maximum absolute atomic E-state index is 13.6. The van der Waals surface area contributed by atoms with Crippen LogP contribution in [0.4, 0.5) is 22.4 Å². The summed E-state index contributed by atoms with van der Waals surface area (Å²) in [5.74, 6) is -7.27. The van der Waals surface area contributed by atoms with E-state index in [4.69, 9.17) is 14.2 Å². The summed E-state index contributed by atoms with van der Waals surface area (Å²) in [5, 5.41) is 0. The third kappa shape index (κ3) is 4.12. The molecule has 3 fully saturated rings. The largest absolute Gasteiger partial charge is 0.474 e. The lowest BCUT2D eigenvalue weighted by Gasteiger charge is -2.44. The number of rotatable bonds is 5. The van der Waals surface area contributed by atoms with Crippen LogP contribution in [0.3, 0.4) is 0 Å². The minimum Gasteiger partial charge on any atom is -0.474 e. The van der Waals surface area contributed by atoms with E-state index in [0.717, 1.165) is 0 Å². The Morgan fingerprint density at radius 2 is 1.74 bits per heavy atom. The van der Waals surface area contributed by atoms with Gasteiger partial charge >= 0.3 is 17.9 Å². The van der Waals surface area contributed by atoms with E-state index in [0.29, 0.717) is 54.5 Å². The van der Waals surface area contributed by atoms with Crippen molar-refractivity contribution in [3.63, 3.8) is 0 Å². The molecule has 4 heterocycles. The van der Waals surface area contributed by atoms with Crippen molar-refractivity contribution in [2.45, 2.75) is 82.1 Å². The molecule has 3 atom stereocenters. The van der Waals surface area contributed by atoms with Crippen molar-refractivity contribution in [1.29, 1.82) is 0 Å². The van der Waals surface area contributed by atoms with Gasteiger partial charge in [0.15, 0.2) is 11.9 Å². The van der Waals surface area contributed by atoms with E-state index in [1.807, 2.05) is 6.92 Å². The molecule has 2 aromatic rings. The van der Waals surface area contributed by atoms with Gasteiger partial charge in [0, 0.05) is 31.1 Å². The van der Waals surface area contributed by atoms with Crippen molar-refractivity contribution in [3.05, 3.63) is 35.9 Å². The molecule has 1 amide bonds. The summed E-state index contributed by atoms with van der Waals surface area (Å²) < 4.78 is 70.1. The van der Waals surface area contributed by atoms with Crippen LogP contribution in [0, 0.1) is 13.8 Å². The Bertz CT molecular complexity index is 1120. The summed E-state index contributed by atoms with van der Waals surface area (Å²) in [6.07, 6.45) is 0.618. The number of pyridine rings is 1. The number of carbonyl (C=O) groups excluding carboxylic acids is 1. The molecule has 1 saturated carbocycles. The lowest BCUT2D eigenvalue weighted by molar-refractivity contribution is -0.330. The van der Waals surface area contributed by atoms with Gasteiger partial charge in [-0.15, -0.1) is 0 Å². The van der Waals surface area contributed by atoms with Crippen LogP contribution in [0.25, 0.3) is 0 Å². The van der Waals surface area contributed by atoms with Gasteiger partial charge in [-0.2, -0.15) is 17.6 Å². The first-order valence-electron chi connectivity index (χ1n) is 11.4. The summed E-state index contributed by atoms with van der Waals surface area (Å²) in [6, 6.07) is 2.94. The second-order valence-electron chi connectivity index (χ2n) is 9.21. The third-order valence-corrected chi connectivity index (χ3v) is 6.91. The zero-order chi connectivity index (χ0) is 25.0. The number of carbonyl (C=O) groups is 1. The SMILES string of the molecule is Cc1ncccc1Oc1ncnc(OC2CC3CCC(C2)N3C(=O)OC2CC(F)(F)C2(F)F)c1C. The fourth-order valence-electron chi connectivity index (χ4n) is 4.90. The Morgan fingerprint density at radius 3 is 2.37 bits per heavy atom. The summed E-state index contributed by atoms with van der Waals surface area (Å²) in [4.78, 5) is 26.6. The van der Waals surface area contributed by atoms with Gasteiger partial charge in [-0.25, -0.2) is 14.8 Å². The number of halogens is 4. The van der Waals surface area contributed by atoms with E-state index in [1.54, 1.807) is 25.3 Å². The number of aryl methyl sites for hydroxylation is 1. The fraction of sp³-hybridized carbons (Fsp3) is 0.565. The number of fused-ring (bicyclic) bond motifs is 2. The minimum atomic E-state index is -4.35. The second kappa shape index (κ2) is 8.49. The Labute approximate surface area is 198 Å². The number of nitrogens with zero attached hydrogens (tertiary/aromatic N) is 4. The summed E-state index contributed by atoms with van der Waals surface area (Å²) in [7, 11) is 0. The van der Waals surface area contributed by atoms with Gasteiger partial charge in [0.05, 0.1) is 17.7 Å². The first kappa shape index (κ1) is 23.6. The van der Waals surface area contributed by atoms with E-state index in [1.165, 1.54) is 11.2 Å². The van der Waals surface area contributed by atoms with Gasteiger partial charge < -0.3 is 19.1 Å². The highest BCUT2D eigenvalue weighted by Crippen LogP contribution is 2.53. The van der Waals surface area contributed by atoms with Gasteiger partial charge in [0.2, 0.25) is 11.8 Å². The van der Waals surface area contributed by atoms with E-state index in [2.05, 4.69) is 15.0 Å². The lowest BCUT2D eigenvalue weighted by Crippen LogP contribution is -2.64. The Balaban J connectivity index is 1.23. The molecule has 8 nitrogen and oxygen atoms in total. The number of hydrogen-bond acceptors (Lipinski definition) is 7. The molecular weight excluding hydrogens is 472 g/mol. The van der Waals surface area contributed by atoms with Crippen LogP contribution in [0.5, 0.6) is 17.5 Å². The van der Waals surface area contributed by atoms with Crippen molar-refractivity contribution in [1.82, 2.24) is 19.9 Å². The number of amides is 1. The third-order valence-electron chi connectivity index (χ3n) is 6.91. The van der Waals surface area contributed by atoms with Gasteiger partial charge in [-0.3, -0.25) is 4.98 Å². The predicted molar refractivity (Wildman–Crippen MR) is 113 cm³/mol. The van der Waals surface area contributed by atoms with Gasteiger partial charge in [-0.1, -0.05) is 0 Å². The molecule has 35 heavy (non-hydrogen) atoms. The second-order valence-corrected chi connectivity index (χ2v) is 9.21. The molecule has 2 aliphatic heterocycles. The number of piperidine rings is 1. The number of alkyl halides is 4. The molecule has 5 rings (SSSR count). The highest BCUT2D eigenvalue weighted by atomic mass is 19.3. The quantitative estimate of drug-likeness (QED) is 0.548. The zero-order valence-electron chi connectivity index (χ0n) is 19.1. The molecule has 0 aromatic carbocycles. The number of ether oxygens (including phenoxy) is 3. The maximum atomic E-state index is 13.6. The fourth-order valence-corrected chi connectivity index (χ4v) is 4.90. The first-order valence-corrected chi connectivity index (χ1v) is 11.4. The van der Waals surface area contributed by atoms with Crippen LogP contribution in [-0.2, 0) is 4.74 Å². The van der Waals surface area contributed by atoms with Gasteiger partial charge in [0.1, 0.15) is 12.4 Å². The van der Waals surface area contributed by atoms with Gasteiger partial charge in [0.25, 0.3) is 0 Å². The molecule has 3 unspecified atom stereocenters.